The lowest BCUT2D eigenvalue weighted by molar-refractivity contribution is -0.119. The van der Waals surface area contributed by atoms with Gasteiger partial charge in [-0.25, -0.2) is 0 Å². The Labute approximate surface area is 114 Å². The molecule has 0 aliphatic carbocycles. The van der Waals surface area contributed by atoms with Crippen molar-refractivity contribution in [3.63, 3.8) is 0 Å². The summed E-state index contributed by atoms with van der Waals surface area (Å²) in [5.74, 6) is 2.68. The Bertz CT molecular complexity index is 360. The molecule has 0 saturated carbocycles. The predicted octanol–water partition coefficient (Wildman–Crippen LogP) is 2.67. The number of Topliss-reactive ketones (excluding diaryl/α,β-unsaturated/α-hetero) is 1. The normalized spacial score (nSPS) is 19.7. The van der Waals surface area contributed by atoms with Crippen LogP contribution in [0.3, 0.4) is 0 Å². The van der Waals surface area contributed by atoms with Gasteiger partial charge in [0.2, 0.25) is 0 Å². The maximum absolute atomic E-state index is 11.9. The molecule has 3 heteroatoms. The van der Waals surface area contributed by atoms with E-state index in [1.165, 1.54) is 11.3 Å². The maximum atomic E-state index is 11.9. The van der Waals surface area contributed by atoms with Crippen LogP contribution in [0.5, 0.6) is 0 Å². The van der Waals surface area contributed by atoms with Crippen LogP contribution in [0, 0.1) is 0 Å². The number of ketones is 1. The molecule has 1 saturated heterocycles. The van der Waals surface area contributed by atoms with Gasteiger partial charge in [0.15, 0.2) is 0 Å². The van der Waals surface area contributed by atoms with Crippen molar-refractivity contribution in [2.75, 3.05) is 18.1 Å². The second-order valence-corrected chi connectivity index (χ2v) is 5.96. The average molecular weight is 263 g/mol. The lowest BCUT2D eigenvalue weighted by atomic mass is 10.0. The molecule has 1 aromatic carbocycles. The lowest BCUT2D eigenvalue weighted by Crippen LogP contribution is -2.38. The molecule has 0 aromatic heterocycles. The van der Waals surface area contributed by atoms with E-state index in [1.54, 1.807) is 0 Å². The van der Waals surface area contributed by atoms with E-state index in [1.807, 2.05) is 17.8 Å². The Hall–Kier alpha value is -0.800. The SMILES string of the molecule is O=C(CCCc1ccccc1)CC1CSCCN1. The highest BCUT2D eigenvalue weighted by molar-refractivity contribution is 7.99. The van der Waals surface area contributed by atoms with Crippen LogP contribution in [0.4, 0.5) is 0 Å². The topological polar surface area (TPSA) is 29.1 Å². The van der Waals surface area contributed by atoms with E-state index in [-0.39, 0.29) is 0 Å². The zero-order chi connectivity index (χ0) is 12.6. The summed E-state index contributed by atoms with van der Waals surface area (Å²) in [6, 6.07) is 10.8. The van der Waals surface area contributed by atoms with Crippen molar-refractivity contribution in [1.82, 2.24) is 5.32 Å². The van der Waals surface area contributed by atoms with Crippen molar-refractivity contribution in [3.05, 3.63) is 35.9 Å². The van der Waals surface area contributed by atoms with Gasteiger partial charge in [-0.05, 0) is 18.4 Å². The van der Waals surface area contributed by atoms with E-state index in [2.05, 4.69) is 29.6 Å². The number of nitrogens with one attached hydrogen (secondary N) is 1. The van der Waals surface area contributed by atoms with Crippen LogP contribution in [0.2, 0.25) is 0 Å². The fourth-order valence-corrected chi connectivity index (χ4v) is 3.21. The highest BCUT2D eigenvalue weighted by Gasteiger charge is 2.16. The molecular formula is C15H21NOS. The minimum absolute atomic E-state index is 0.408. The van der Waals surface area contributed by atoms with E-state index >= 15 is 0 Å². The Morgan fingerprint density at radius 1 is 1.33 bits per heavy atom. The third kappa shape index (κ3) is 4.83. The first-order valence-corrected chi connectivity index (χ1v) is 7.87. The van der Waals surface area contributed by atoms with E-state index in [0.29, 0.717) is 18.2 Å². The third-order valence-corrected chi connectivity index (χ3v) is 4.37. The van der Waals surface area contributed by atoms with Gasteiger partial charge >= 0.3 is 0 Å². The van der Waals surface area contributed by atoms with Crippen molar-refractivity contribution >= 4 is 17.5 Å². The first-order valence-electron chi connectivity index (χ1n) is 6.71. The first kappa shape index (κ1) is 13.6. The Balaban J connectivity index is 1.62. The average Bonchev–Trinajstić information content (AvgIpc) is 2.41. The van der Waals surface area contributed by atoms with E-state index < -0.39 is 0 Å². The molecule has 1 unspecified atom stereocenters. The molecule has 0 amide bonds. The lowest BCUT2D eigenvalue weighted by Gasteiger charge is -2.22. The van der Waals surface area contributed by atoms with Gasteiger partial charge < -0.3 is 5.32 Å². The number of thioether (sulfide) groups is 1. The van der Waals surface area contributed by atoms with Crippen LogP contribution in [0.15, 0.2) is 30.3 Å². The second-order valence-electron chi connectivity index (χ2n) is 4.81. The molecule has 1 fully saturated rings. The van der Waals surface area contributed by atoms with E-state index in [4.69, 9.17) is 0 Å². The van der Waals surface area contributed by atoms with Gasteiger partial charge in [0.05, 0.1) is 0 Å². The van der Waals surface area contributed by atoms with Crippen LogP contribution in [-0.2, 0) is 11.2 Å². The van der Waals surface area contributed by atoms with Crippen LogP contribution >= 0.6 is 11.8 Å². The smallest absolute Gasteiger partial charge is 0.134 e. The van der Waals surface area contributed by atoms with Crippen molar-refractivity contribution in [2.45, 2.75) is 31.7 Å². The highest BCUT2D eigenvalue weighted by Crippen LogP contribution is 2.12. The van der Waals surface area contributed by atoms with Crippen LogP contribution < -0.4 is 5.32 Å². The van der Waals surface area contributed by atoms with E-state index in [9.17, 15) is 4.79 Å². The van der Waals surface area contributed by atoms with Crippen LogP contribution in [-0.4, -0.2) is 29.9 Å². The molecule has 1 aromatic rings. The molecule has 1 N–H and O–H groups in total. The standard InChI is InChI=1S/C15H21NOS/c17-15(11-14-12-18-10-9-16-14)8-4-7-13-5-2-1-3-6-13/h1-3,5-6,14,16H,4,7-12H2. The summed E-state index contributed by atoms with van der Waals surface area (Å²) >= 11 is 1.95. The van der Waals surface area contributed by atoms with Crippen molar-refractivity contribution < 1.29 is 4.79 Å². The highest BCUT2D eigenvalue weighted by atomic mass is 32.2. The third-order valence-electron chi connectivity index (χ3n) is 3.24. The van der Waals surface area contributed by atoms with Gasteiger partial charge in [-0.1, -0.05) is 30.3 Å². The molecule has 1 aliphatic rings. The van der Waals surface area contributed by atoms with Gasteiger partial charge in [0.1, 0.15) is 5.78 Å². The van der Waals surface area contributed by atoms with Gasteiger partial charge in [-0.15, -0.1) is 0 Å². The zero-order valence-electron chi connectivity index (χ0n) is 10.7. The molecule has 2 nitrogen and oxygen atoms in total. The molecule has 1 heterocycles. The number of carbonyl (C=O) groups is 1. The zero-order valence-corrected chi connectivity index (χ0v) is 11.5. The summed E-state index contributed by atoms with van der Waals surface area (Å²) in [7, 11) is 0. The fourth-order valence-electron chi connectivity index (χ4n) is 2.26. The van der Waals surface area contributed by atoms with Crippen molar-refractivity contribution in [3.8, 4) is 0 Å². The number of hydrogen-bond donors (Lipinski definition) is 1. The molecule has 2 rings (SSSR count). The van der Waals surface area contributed by atoms with Gasteiger partial charge in [0, 0.05) is 36.9 Å². The van der Waals surface area contributed by atoms with Gasteiger partial charge in [-0.3, -0.25) is 4.79 Å². The quantitative estimate of drug-likeness (QED) is 0.855. The summed E-state index contributed by atoms with van der Waals surface area (Å²) in [4.78, 5) is 11.9. The summed E-state index contributed by atoms with van der Waals surface area (Å²) < 4.78 is 0. The number of benzene rings is 1. The molecule has 0 bridgehead atoms. The summed E-state index contributed by atoms with van der Waals surface area (Å²) in [5, 5.41) is 3.42. The predicted molar refractivity (Wildman–Crippen MR) is 78.1 cm³/mol. The largest absolute Gasteiger partial charge is 0.312 e. The fraction of sp³-hybridized carbons (Fsp3) is 0.533. The molecule has 1 aliphatic heterocycles. The van der Waals surface area contributed by atoms with Crippen molar-refractivity contribution in [1.29, 1.82) is 0 Å². The minimum atomic E-state index is 0.408. The number of aryl methyl sites for hydroxylation is 1. The summed E-state index contributed by atoms with van der Waals surface area (Å²) in [6.45, 7) is 1.05. The Morgan fingerprint density at radius 2 is 2.17 bits per heavy atom. The van der Waals surface area contributed by atoms with Crippen molar-refractivity contribution in [2.24, 2.45) is 0 Å². The molecular weight excluding hydrogens is 242 g/mol. The van der Waals surface area contributed by atoms with E-state index in [0.717, 1.165) is 31.6 Å². The molecule has 0 radical (unpaired) electrons. The maximum Gasteiger partial charge on any atom is 0.134 e. The summed E-state index contributed by atoms with van der Waals surface area (Å²) in [6.07, 6.45) is 3.42. The van der Waals surface area contributed by atoms with Crippen LogP contribution in [0.1, 0.15) is 24.8 Å². The summed E-state index contributed by atoms with van der Waals surface area (Å²) in [5.41, 5.74) is 1.33. The molecule has 0 spiro atoms. The Morgan fingerprint density at radius 3 is 2.89 bits per heavy atom. The molecule has 98 valence electrons. The second kappa shape index (κ2) is 7.59. The van der Waals surface area contributed by atoms with Crippen LogP contribution in [0.25, 0.3) is 0 Å². The first-order chi connectivity index (χ1) is 8.84. The number of hydrogen-bond acceptors (Lipinski definition) is 3. The molecule has 1 atom stereocenters. The minimum Gasteiger partial charge on any atom is -0.312 e. The molecule has 18 heavy (non-hydrogen) atoms. The Kier molecular flexibility index (Phi) is 5.75. The monoisotopic (exact) mass is 263 g/mol. The van der Waals surface area contributed by atoms with Gasteiger partial charge in [0.25, 0.3) is 0 Å². The number of rotatable bonds is 6. The van der Waals surface area contributed by atoms with Gasteiger partial charge in [-0.2, -0.15) is 11.8 Å². The number of carbonyl (C=O) groups excluding carboxylic acids is 1.